The lowest BCUT2D eigenvalue weighted by Crippen LogP contribution is -2.32. The first kappa shape index (κ1) is 20.8. The van der Waals surface area contributed by atoms with E-state index in [0.717, 1.165) is 24.2 Å². The standard InChI is InChI=1S/C21H25ClN2O3/c1-4-5-14(2)23-21(26)16-8-11-18(22)19(13-16)24-20(25)12-15-6-9-17(27-3)10-7-15/h6-11,13-14H,4-5,12H2,1-3H3,(H,23,26)(H,24,25). The molecule has 144 valence electrons. The Morgan fingerprint density at radius 1 is 1.15 bits per heavy atom. The van der Waals surface area contributed by atoms with E-state index >= 15 is 0 Å². The molecule has 0 spiro atoms. The molecule has 0 radical (unpaired) electrons. The molecule has 0 bridgehead atoms. The fourth-order valence-corrected chi connectivity index (χ4v) is 2.86. The van der Waals surface area contributed by atoms with Crippen LogP contribution in [0.2, 0.25) is 5.02 Å². The number of benzene rings is 2. The Bertz CT molecular complexity index is 791. The molecule has 0 saturated heterocycles. The predicted molar refractivity (Wildman–Crippen MR) is 109 cm³/mol. The number of carbonyl (C=O) groups is 2. The summed E-state index contributed by atoms with van der Waals surface area (Å²) in [6, 6.07) is 12.2. The van der Waals surface area contributed by atoms with Crippen molar-refractivity contribution in [2.24, 2.45) is 0 Å². The highest BCUT2D eigenvalue weighted by Crippen LogP contribution is 2.23. The summed E-state index contributed by atoms with van der Waals surface area (Å²) in [7, 11) is 1.59. The average molecular weight is 389 g/mol. The van der Waals surface area contributed by atoms with E-state index in [0.29, 0.717) is 16.3 Å². The third kappa shape index (κ3) is 6.29. The largest absolute Gasteiger partial charge is 0.497 e. The van der Waals surface area contributed by atoms with E-state index in [2.05, 4.69) is 17.6 Å². The fraction of sp³-hybridized carbons (Fsp3) is 0.333. The lowest BCUT2D eigenvalue weighted by Gasteiger charge is -2.14. The summed E-state index contributed by atoms with van der Waals surface area (Å²) < 4.78 is 5.11. The lowest BCUT2D eigenvalue weighted by molar-refractivity contribution is -0.115. The van der Waals surface area contributed by atoms with Crippen LogP contribution in [0.15, 0.2) is 42.5 Å². The van der Waals surface area contributed by atoms with Crippen LogP contribution < -0.4 is 15.4 Å². The van der Waals surface area contributed by atoms with Gasteiger partial charge in [0.05, 0.1) is 24.2 Å². The molecule has 0 saturated carbocycles. The second-order valence-corrected chi connectivity index (χ2v) is 6.84. The molecule has 2 aromatic rings. The predicted octanol–water partition coefficient (Wildman–Crippen LogP) is 4.45. The van der Waals surface area contributed by atoms with Gasteiger partial charge in [-0.1, -0.05) is 37.1 Å². The molecule has 2 aromatic carbocycles. The Kier molecular flexibility index (Phi) is 7.67. The molecule has 1 unspecified atom stereocenters. The summed E-state index contributed by atoms with van der Waals surface area (Å²) in [5.41, 5.74) is 1.74. The molecule has 2 rings (SSSR count). The highest BCUT2D eigenvalue weighted by molar-refractivity contribution is 6.33. The van der Waals surface area contributed by atoms with Gasteiger partial charge in [0.25, 0.3) is 5.91 Å². The highest BCUT2D eigenvalue weighted by Gasteiger charge is 2.13. The second-order valence-electron chi connectivity index (χ2n) is 6.43. The first-order chi connectivity index (χ1) is 12.9. The van der Waals surface area contributed by atoms with Crippen LogP contribution in [0.3, 0.4) is 0 Å². The van der Waals surface area contributed by atoms with Crippen molar-refractivity contribution in [3.05, 3.63) is 58.6 Å². The number of rotatable bonds is 8. The van der Waals surface area contributed by atoms with Gasteiger partial charge in [-0.05, 0) is 49.2 Å². The zero-order chi connectivity index (χ0) is 19.8. The van der Waals surface area contributed by atoms with Gasteiger partial charge in [0.2, 0.25) is 5.91 Å². The average Bonchev–Trinajstić information content (AvgIpc) is 2.64. The Balaban J connectivity index is 2.04. The SMILES string of the molecule is CCCC(C)NC(=O)c1ccc(Cl)c(NC(=O)Cc2ccc(OC)cc2)c1. The number of halogens is 1. The number of hydrogen-bond donors (Lipinski definition) is 2. The number of nitrogens with one attached hydrogen (secondary N) is 2. The number of hydrogen-bond acceptors (Lipinski definition) is 3. The van der Waals surface area contributed by atoms with Crippen molar-refractivity contribution < 1.29 is 14.3 Å². The van der Waals surface area contributed by atoms with Crippen LogP contribution in [0.1, 0.15) is 42.6 Å². The Hall–Kier alpha value is -2.53. The van der Waals surface area contributed by atoms with Gasteiger partial charge in [0.15, 0.2) is 0 Å². The molecule has 0 aromatic heterocycles. The fourth-order valence-electron chi connectivity index (χ4n) is 2.70. The summed E-state index contributed by atoms with van der Waals surface area (Å²) in [6.07, 6.45) is 2.10. The summed E-state index contributed by atoms with van der Waals surface area (Å²) in [5, 5.41) is 6.11. The van der Waals surface area contributed by atoms with E-state index in [1.165, 1.54) is 0 Å². The van der Waals surface area contributed by atoms with Gasteiger partial charge < -0.3 is 15.4 Å². The van der Waals surface area contributed by atoms with Gasteiger partial charge in [-0.25, -0.2) is 0 Å². The van der Waals surface area contributed by atoms with Crippen molar-refractivity contribution in [2.75, 3.05) is 12.4 Å². The van der Waals surface area contributed by atoms with Crippen molar-refractivity contribution in [3.63, 3.8) is 0 Å². The molecule has 1 atom stereocenters. The molecule has 0 fully saturated rings. The molecule has 0 aliphatic heterocycles. The molecule has 0 heterocycles. The number of methoxy groups -OCH3 is 1. The molecule has 2 amide bonds. The molecule has 5 nitrogen and oxygen atoms in total. The highest BCUT2D eigenvalue weighted by atomic mass is 35.5. The van der Waals surface area contributed by atoms with Crippen LogP contribution in [0, 0.1) is 0 Å². The number of carbonyl (C=O) groups excluding carboxylic acids is 2. The van der Waals surface area contributed by atoms with Crippen LogP contribution >= 0.6 is 11.6 Å². The van der Waals surface area contributed by atoms with Crippen molar-refractivity contribution in [1.29, 1.82) is 0 Å². The van der Waals surface area contributed by atoms with Gasteiger partial charge in [0.1, 0.15) is 5.75 Å². The molecule has 0 aliphatic carbocycles. The number of amides is 2. The Morgan fingerprint density at radius 3 is 2.48 bits per heavy atom. The monoisotopic (exact) mass is 388 g/mol. The normalized spacial score (nSPS) is 11.6. The van der Waals surface area contributed by atoms with Gasteiger partial charge in [-0.15, -0.1) is 0 Å². The minimum Gasteiger partial charge on any atom is -0.497 e. The number of anilines is 1. The van der Waals surface area contributed by atoms with Gasteiger partial charge in [-0.2, -0.15) is 0 Å². The van der Waals surface area contributed by atoms with E-state index in [1.807, 2.05) is 19.1 Å². The van der Waals surface area contributed by atoms with Crippen molar-refractivity contribution in [3.8, 4) is 5.75 Å². The van der Waals surface area contributed by atoms with Crippen LogP contribution in [0.25, 0.3) is 0 Å². The van der Waals surface area contributed by atoms with E-state index in [1.54, 1.807) is 37.4 Å². The van der Waals surface area contributed by atoms with E-state index in [4.69, 9.17) is 16.3 Å². The van der Waals surface area contributed by atoms with Crippen LogP contribution in [0.4, 0.5) is 5.69 Å². The van der Waals surface area contributed by atoms with Gasteiger partial charge in [-0.3, -0.25) is 9.59 Å². The molecule has 6 heteroatoms. The number of ether oxygens (including phenoxy) is 1. The molecular formula is C21H25ClN2O3. The van der Waals surface area contributed by atoms with Gasteiger partial charge in [0, 0.05) is 11.6 Å². The maximum Gasteiger partial charge on any atom is 0.251 e. The smallest absolute Gasteiger partial charge is 0.251 e. The van der Waals surface area contributed by atoms with Gasteiger partial charge >= 0.3 is 0 Å². The minimum atomic E-state index is -0.209. The Labute approximate surface area is 165 Å². The summed E-state index contributed by atoms with van der Waals surface area (Å²) in [6.45, 7) is 4.04. The minimum absolute atomic E-state index is 0.0892. The van der Waals surface area contributed by atoms with Crippen molar-refractivity contribution in [2.45, 2.75) is 39.2 Å². The molecular weight excluding hydrogens is 364 g/mol. The van der Waals surface area contributed by atoms with E-state index < -0.39 is 0 Å². The van der Waals surface area contributed by atoms with Crippen LogP contribution in [0.5, 0.6) is 5.75 Å². The van der Waals surface area contributed by atoms with Crippen LogP contribution in [-0.2, 0) is 11.2 Å². The third-order valence-corrected chi connectivity index (χ3v) is 4.46. The second kappa shape index (κ2) is 9.97. The molecule has 27 heavy (non-hydrogen) atoms. The first-order valence-corrected chi connectivity index (χ1v) is 9.34. The van der Waals surface area contributed by atoms with E-state index in [-0.39, 0.29) is 24.3 Å². The zero-order valence-electron chi connectivity index (χ0n) is 15.8. The summed E-state index contributed by atoms with van der Waals surface area (Å²) >= 11 is 6.18. The Morgan fingerprint density at radius 2 is 1.85 bits per heavy atom. The maximum absolute atomic E-state index is 12.4. The van der Waals surface area contributed by atoms with Crippen LogP contribution in [-0.4, -0.2) is 25.0 Å². The molecule has 2 N–H and O–H groups in total. The zero-order valence-corrected chi connectivity index (χ0v) is 16.6. The molecule has 0 aliphatic rings. The van der Waals surface area contributed by atoms with Crippen molar-refractivity contribution in [1.82, 2.24) is 5.32 Å². The third-order valence-electron chi connectivity index (χ3n) is 4.13. The summed E-state index contributed by atoms with van der Waals surface area (Å²) in [4.78, 5) is 24.7. The first-order valence-electron chi connectivity index (χ1n) is 8.96. The van der Waals surface area contributed by atoms with Crippen molar-refractivity contribution >= 4 is 29.1 Å². The summed E-state index contributed by atoms with van der Waals surface area (Å²) in [5.74, 6) is 0.343. The topological polar surface area (TPSA) is 67.4 Å². The maximum atomic E-state index is 12.4. The quantitative estimate of drug-likeness (QED) is 0.702. The lowest BCUT2D eigenvalue weighted by atomic mass is 10.1. The van der Waals surface area contributed by atoms with E-state index in [9.17, 15) is 9.59 Å².